The predicted octanol–water partition coefficient (Wildman–Crippen LogP) is 1.91. The van der Waals surface area contributed by atoms with Crippen LogP contribution in [0.25, 0.3) is 10.9 Å². The van der Waals surface area contributed by atoms with Crippen LogP contribution in [0.3, 0.4) is 0 Å². The lowest BCUT2D eigenvalue weighted by Gasteiger charge is -2.04. The highest BCUT2D eigenvalue weighted by Gasteiger charge is 2.29. The van der Waals surface area contributed by atoms with E-state index < -0.39 is 0 Å². The molecule has 0 radical (unpaired) electrons. The molecule has 1 aromatic carbocycles. The van der Waals surface area contributed by atoms with Crippen LogP contribution >= 0.6 is 0 Å². The monoisotopic (exact) mass is 201 g/mol. The van der Waals surface area contributed by atoms with Crippen molar-refractivity contribution < 1.29 is 4.79 Å². The van der Waals surface area contributed by atoms with E-state index in [1.165, 1.54) is 0 Å². The van der Waals surface area contributed by atoms with Crippen LogP contribution < -0.4 is 5.32 Å². The summed E-state index contributed by atoms with van der Waals surface area (Å²) in [6.45, 7) is 0. The summed E-state index contributed by atoms with van der Waals surface area (Å²) in [5.41, 5.74) is 1.72. The van der Waals surface area contributed by atoms with Crippen molar-refractivity contribution in [3.05, 3.63) is 24.4 Å². The number of hydrogen-bond donors (Lipinski definition) is 2. The van der Waals surface area contributed by atoms with Crippen molar-refractivity contribution in [1.82, 2.24) is 10.2 Å². The first-order valence-corrected chi connectivity index (χ1v) is 5.07. The average molecular weight is 201 g/mol. The first-order valence-electron chi connectivity index (χ1n) is 5.07. The largest absolute Gasteiger partial charge is 0.324 e. The van der Waals surface area contributed by atoms with E-state index >= 15 is 0 Å². The molecule has 1 saturated carbocycles. The molecule has 1 fully saturated rings. The molecule has 1 aromatic heterocycles. The Morgan fingerprint density at radius 3 is 3.13 bits per heavy atom. The summed E-state index contributed by atoms with van der Waals surface area (Å²) >= 11 is 0. The molecule has 1 aliphatic carbocycles. The number of para-hydroxylation sites is 1. The number of benzene rings is 1. The first-order chi connectivity index (χ1) is 7.34. The molecular formula is C11H11N3O. The maximum absolute atomic E-state index is 11.6. The lowest BCUT2D eigenvalue weighted by molar-refractivity contribution is -0.117. The summed E-state index contributed by atoms with van der Waals surface area (Å²) in [5, 5.41) is 10.8. The fourth-order valence-corrected chi connectivity index (χ4v) is 1.65. The third kappa shape index (κ3) is 1.48. The van der Waals surface area contributed by atoms with E-state index in [0.717, 1.165) is 29.4 Å². The zero-order valence-corrected chi connectivity index (χ0v) is 8.16. The number of aromatic nitrogens is 2. The topological polar surface area (TPSA) is 57.8 Å². The second-order valence-electron chi connectivity index (χ2n) is 3.90. The number of fused-ring (bicyclic) bond motifs is 1. The van der Waals surface area contributed by atoms with Gasteiger partial charge in [0.2, 0.25) is 5.91 Å². The molecule has 0 saturated heterocycles. The predicted molar refractivity (Wildman–Crippen MR) is 57.4 cm³/mol. The van der Waals surface area contributed by atoms with Crippen LogP contribution in [0.4, 0.5) is 5.69 Å². The van der Waals surface area contributed by atoms with Crippen LogP contribution in [0.15, 0.2) is 24.4 Å². The second-order valence-corrected chi connectivity index (χ2v) is 3.90. The van der Waals surface area contributed by atoms with Gasteiger partial charge in [-0.3, -0.25) is 9.89 Å². The molecule has 4 heteroatoms. The number of carbonyl (C=O) groups is 1. The van der Waals surface area contributed by atoms with Gasteiger partial charge < -0.3 is 5.32 Å². The minimum atomic E-state index is 0.122. The van der Waals surface area contributed by atoms with Gasteiger partial charge in [-0.1, -0.05) is 12.1 Å². The van der Waals surface area contributed by atoms with Gasteiger partial charge in [-0.25, -0.2) is 0 Å². The minimum absolute atomic E-state index is 0.122. The maximum atomic E-state index is 11.6. The average Bonchev–Trinajstić information content (AvgIpc) is 2.97. The van der Waals surface area contributed by atoms with E-state index in [1.807, 2.05) is 18.2 Å². The third-order valence-electron chi connectivity index (χ3n) is 2.68. The standard InChI is InChI=1S/C11H11N3O/c15-11(7-4-5-7)13-9-3-1-2-8-6-12-14-10(8)9/h1-3,6-7H,4-5H2,(H,12,14)(H,13,15). The molecule has 76 valence electrons. The molecule has 0 spiro atoms. The van der Waals surface area contributed by atoms with Gasteiger partial charge in [0.25, 0.3) is 0 Å². The summed E-state index contributed by atoms with van der Waals surface area (Å²) in [4.78, 5) is 11.6. The maximum Gasteiger partial charge on any atom is 0.227 e. The molecule has 1 amide bonds. The van der Waals surface area contributed by atoms with Gasteiger partial charge >= 0.3 is 0 Å². The Morgan fingerprint density at radius 1 is 1.47 bits per heavy atom. The van der Waals surface area contributed by atoms with Crippen LogP contribution in [0.2, 0.25) is 0 Å². The number of nitrogens with one attached hydrogen (secondary N) is 2. The van der Waals surface area contributed by atoms with Crippen LogP contribution in [0, 0.1) is 5.92 Å². The molecule has 4 nitrogen and oxygen atoms in total. The Morgan fingerprint density at radius 2 is 2.33 bits per heavy atom. The quantitative estimate of drug-likeness (QED) is 0.779. The highest BCUT2D eigenvalue weighted by molar-refractivity contribution is 6.01. The van der Waals surface area contributed by atoms with Crippen LogP contribution in [-0.2, 0) is 4.79 Å². The second kappa shape index (κ2) is 3.08. The molecule has 1 heterocycles. The molecule has 1 aliphatic rings. The molecule has 2 N–H and O–H groups in total. The number of anilines is 1. The van der Waals surface area contributed by atoms with E-state index in [-0.39, 0.29) is 11.8 Å². The van der Waals surface area contributed by atoms with Crippen molar-refractivity contribution in [3.8, 4) is 0 Å². The molecule has 0 atom stereocenters. The molecule has 0 unspecified atom stereocenters. The molecule has 2 aromatic rings. The molecule has 3 rings (SSSR count). The van der Waals surface area contributed by atoms with Crippen molar-refractivity contribution >= 4 is 22.5 Å². The van der Waals surface area contributed by atoms with E-state index in [1.54, 1.807) is 6.20 Å². The third-order valence-corrected chi connectivity index (χ3v) is 2.68. The summed E-state index contributed by atoms with van der Waals surface area (Å²) in [5.74, 6) is 0.347. The highest BCUT2D eigenvalue weighted by Crippen LogP contribution is 2.31. The number of hydrogen-bond acceptors (Lipinski definition) is 2. The van der Waals surface area contributed by atoms with Crippen molar-refractivity contribution in [2.24, 2.45) is 5.92 Å². The first kappa shape index (κ1) is 8.47. The zero-order valence-electron chi connectivity index (χ0n) is 8.16. The van der Waals surface area contributed by atoms with E-state index in [4.69, 9.17) is 0 Å². The van der Waals surface area contributed by atoms with E-state index in [0.29, 0.717) is 0 Å². The normalized spacial score (nSPS) is 15.5. The van der Waals surface area contributed by atoms with Gasteiger partial charge in [-0.15, -0.1) is 0 Å². The van der Waals surface area contributed by atoms with Crippen LogP contribution in [0.1, 0.15) is 12.8 Å². The SMILES string of the molecule is O=C(Nc1cccc2cn[nH]c12)C1CC1. The minimum Gasteiger partial charge on any atom is -0.324 e. The summed E-state index contributed by atoms with van der Waals surface area (Å²) in [6, 6.07) is 5.77. The van der Waals surface area contributed by atoms with Gasteiger partial charge in [0.15, 0.2) is 0 Å². The van der Waals surface area contributed by atoms with Crippen molar-refractivity contribution in [1.29, 1.82) is 0 Å². The Bertz CT molecular complexity index is 513. The fourth-order valence-electron chi connectivity index (χ4n) is 1.65. The van der Waals surface area contributed by atoms with Gasteiger partial charge in [0.05, 0.1) is 17.4 Å². The number of H-pyrrole nitrogens is 1. The van der Waals surface area contributed by atoms with E-state index in [2.05, 4.69) is 15.5 Å². The van der Waals surface area contributed by atoms with E-state index in [9.17, 15) is 4.79 Å². The van der Waals surface area contributed by atoms with Crippen molar-refractivity contribution in [2.45, 2.75) is 12.8 Å². The van der Waals surface area contributed by atoms with Gasteiger partial charge in [-0.2, -0.15) is 5.10 Å². The van der Waals surface area contributed by atoms with Crippen molar-refractivity contribution in [2.75, 3.05) is 5.32 Å². The smallest absolute Gasteiger partial charge is 0.227 e. The molecule has 0 aliphatic heterocycles. The number of nitrogens with zero attached hydrogens (tertiary/aromatic N) is 1. The molecular weight excluding hydrogens is 190 g/mol. The summed E-state index contributed by atoms with van der Waals surface area (Å²) in [6.07, 6.45) is 3.79. The Labute approximate surface area is 86.7 Å². The van der Waals surface area contributed by atoms with Crippen LogP contribution in [0.5, 0.6) is 0 Å². The summed E-state index contributed by atoms with van der Waals surface area (Å²) < 4.78 is 0. The number of carbonyl (C=O) groups excluding carboxylic acids is 1. The van der Waals surface area contributed by atoms with Gasteiger partial charge in [0, 0.05) is 11.3 Å². The Balaban J connectivity index is 1.95. The number of aromatic amines is 1. The zero-order chi connectivity index (χ0) is 10.3. The van der Waals surface area contributed by atoms with Crippen molar-refractivity contribution in [3.63, 3.8) is 0 Å². The molecule has 15 heavy (non-hydrogen) atoms. The lowest BCUT2D eigenvalue weighted by atomic mass is 10.2. The highest BCUT2D eigenvalue weighted by atomic mass is 16.2. The Hall–Kier alpha value is -1.84. The fraction of sp³-hybridized carbons (Fsp3) is 0.273. The lowest BCUT2D eigenvalue weighted by Crippen LogP contribution is -2.13. The van der Waals surface area contributed by atoms with Crippen LogP contribution in [-0.4, -0.2) is 16.1 Å². The molecule has 0 bridgehead atoms. The number of rotatable bonds is 2. The Kier molecular flexibility index (Phi) is 1.74. The summed E-state index contributed by atoms with van der Waals surface area (Å²) in [7, 11) is 0. The van der Waals surface area contributed by atoms with Gasteiger partial charge in [-0.05, 0) is 18.9 Å². The number of amides is 1. The van der Waals surface area contributed by atoms with Gasteiger partial charge in [0.1, 0.15) is 0 Å².